The van der Waals surface area contributed by atoms with Gasteiger partial charge in [0.15, 0.2) is 16.7 Å². The Morgan fingerprint density at radius 1 is 1.22 bits per heavy atom. The lowest BCUT2D eigenvalue weighted by Crippen LogP contribution is -2.28. The van der Waals surface area contributed by atoms with Gasteiger partial charge in [-0.05, 0) is 87.0 Å². The summed E-state index contributed by atoms with van der Waals surface area (Å²) in [4.78, 5) is 19.6. The molecule has 0 spiro atoms. The highest BCUT2D eigenvalue weighted by Crippen LogP contribution is 2.40. The SMILES string of the molecule is CCOc1cc(/C=C2/SC(=Nc3ccc(F)cc3)N(CC)C2=O)cc(Cl)c1O[C@@H](C)CC. The number of carbonyl (C=O) groups is 1. The third-order valence-electron chi connectivity index (χ3n) is 4.78. The molecule has 2 aromatic rings. The Bertz CT molecular complexity index is 1040. The molecule has 1 heterocycles. The number of hydrogen-bond donors (Lipinski definition) is 0. The first kappa shape index (κ1) is 24.1. The van der Waals surface area contributed by atoms with Crippen molar-refractivity contribution in [3.05, 3.63) is 57.7 Å². The quantitative estimate of drug-likeness (QED) is 0.399. The number of hydrogen-bond acceptors (Lipinski definition) is 5. The maximum atomic E-state index is 13.2. The first-order valence-corrected chi connectivity index (χ1v) is 11.7. The van der Waals surface area contributed by atoms with Crippen LogP contribution in [0.5, 0.6) is 11.5 Å². The summed E-state index contributed by atoms with van der Waals surface area (Å²) < 4.78 is 24.9. The molecule has 1 saturated heterocycles. The average molecular weight is 477 g/mol. The minimum Gasteiger partial charge on any atom is -0.490 e. The number of amides is 1. The second-order valence-corrected chi connectivity index (χ2v) is 8.55. The summed E-state index contributed by atoms with van der Waals surface area (Å²) in [5.41, 5.74) is 1.31. The van der Waals surface area contributed by atoms with Crippen molar-refractivity contribution in [3.63, 3.8) is 0 Å². The second-order valence-electron chi connectivity index (χ2n) is 7.13. The predicted octanol–water partition coefficient (Wildman–Crippen LogP) is 6.68. The summed E-state index contributed by atoms with van der Waals surface area (Å²) in [6.45, 7) is 8.70. The van der Waals surface area contributed by atoms with Crippen LogP contribution >= 0.6 is 23.4 Å². The van der Waals surface area contributed by atoms with Crippen LogP contribution in [0.3, 0.4) is 0 Å². The first-order chi connectivity index (χ1) is 15.4. The molecule has 1 aliphatic heterocycles. The molecule has 3 rings (SSSR count). The highest BCUT2D eigenvalue weighted by Gasteiger charge is 2.32. The number of likely N-dealkylation sites (N-methyl/N-ethyl adjacent to an activating group) is 1. The van der Waals surface area contributed by atoms with E-state index < -0.39 is 0 Å². The van der Waals surface area contributed by atoms with Crippen LogP contribution in [-0.4, -0.2) is 35.2 Å². The van der Waals surface area contributed by atoms with Crippen molar-refractivity contribution >= 4 is 46.2 Å². The Hall–Kier alpha value is -2.51. The highest BCUT2D eigenvalue weighted by atomic mass is 35.5. The van der Waals surface area contributed by atoms with Crippen molar-refractivity contribution < 1.29 is 18.7 Å². The van der Waals surface area contributed by atoms with Gasteiger partial charge in [-0.3, -0.25) is 9.69 Å². The third-order valence-corrected chi connectivity index (χ3v) is 6.07. The van der Waals surface area contributed by atoms with Crippen molar-refractivity contribution in [1.82, 2.24) is 4.90 Å². The monoisotopic (exact) mass is 476 g/mol. The number of thioether (sulfide) groups is 1. The molecule has 170 valence electrons. The molecule has 0 aromatic heterocycles. The zero-order valence-corrected chi connectivity index (χ0v) is 20.1. The number of aliphatic imine (C=N–C) groups is 1. The standard InChI is InChI=1S/C24H26ClFN2O3S/c1-5-15(4)31-22-19(25)12-16(13-20(22)30-7-3)14-21-23(29)28(6-2)24(32-21)27-18-10-8-17(26)9-11-18/h8-15H,5-7H2,1-4H3/b21-14+,27-24?/t15-/m0/s1. The van der Waals surface area contributed by atoms with E-state index in [1.165, 1.54) is 23.9 Å². The summed E-state index contributed by atoms with van der Waals surface area (Å²) in [7, 11) is 0. The lowest BCUT2D eigenvalue weighted by molar-refractivity contribution is -0.122. The van der Waals surface area contributed by atoms with Crippen LogP contribution in [0.1, 0.15) is 39.7 Å². The van der Waals surface area contributed by atoms with Crippen LogP contribution in [-0.2, 0) is 4.79 Å². The van der Waals surface area contributed by atoms with E-state index in [1.54, 1.807) is 29.2 Å². The molecule has 0 unspecified atom stereocenters. The molecule has 8 heteroatoms. The maximum absolute atomic E-state index is 13.2. The minimum absolute atomic E-state index is 0.00813. The van der Waals surface area contributed by atoms with E-state index in [1.807, 2.05) is 33.8 Å². The van der Waals surface area contributed by atoms with E-state index in [-0.39, 0.29) is 17.8 Å². The lowest BCUT2D eigenvalue weighted by atomic mass is 10.1. The van der Waals surface area contributed by atoms with Gasteiger partial charge >= 0.3 is 0 Å². The van der Waals surface area contributed by atoms with Gasteiger partial charge in [0.25, 0.3) is 5.91 Å². The summed E-state index contributed by atoms with van der Waals surface area (Å²) >= 11 is 7.77. The summed E-state index contributed by atoms with van der Waals surface area (Å²) in [5, 5.41) is 0.967. The Kier molecular flexibility index (Phi) is 8.21. The second kappa shape index (κ2) is 10.9. The predicted molar refractivity (Wildman–Crippen MR) is 129 cm³/mol. The van der Waals surface area contributed by atoms with Crippen molar-refractivity contribution in [2.45, 2.75) is 40.2 Å². The summed E-state index contributed by atoms with van der Waals surface area (Å²) in [5.74, 6) is 0.562. The normalized spacial score (nSPS) is 17.3. The molecule has 0 aliphatic carbocycles. The van der Waals surface area contributed by atoms with E-state index in [0.717, 1.165) is 12.0 Å². The Morgan fingerprint density at radius 3 is 2.56 bits per heavy atom. The van der Waals surface area contributed by atoms with E-state index in [4.69, 9.17) is 21.1 Å². The zero-order chi connectivity index (χ0) is 23.3. The number of rotatable bonds is 8. The number of carbonyl (C=O) groups excluding carboxylic acids is 1. The molecule has 5 nitrogen and oxygen atoms in total. The summed E-state index contributed by atoms with van der Waals surface area (Å²) in [6.07, 6.45) is 2.60. The van der Waals surface area contributed by atoms with Gasteiger partial charge in [-0.25, -0.2) is 9.38 Å². The molecule has 1 fully saturated rings. The van der Waals surface area contributed by atoms with Gasteiger partial charge in [0.2, 0.25) is 0 Å². The molecule has 2 aromatic carbocycles. The number of ether oxygens (including phenoxy) is 2. The van der Waals surface area contributed by atoms with Crippen LogP contribution in [0, 0.1) is 5.82 Å². The highest BCUT2D eigenvalue weighted by molar-refractivity contribution is 8.18. The van der Waals surface area contributed by atoms with E-state index in [0.29, 0.717) is 45.4 Å². The fourth-order valence-electron chi connectivity index (χ4n) is 2.98. The maximum Gasteiger partial charge on any atom is 0.266 e. The van der Waals surface area contributed by atoms with E-state index in [9.17, 15) is 9.18 Å². The number of benzene rings is 2. The molecule has 1 aliphatic rings. The van der Waals surface area contributed by atoms with Crippen molar-refractivity contribution in [1.29, 1.82) is 0 Å². The Morgan fingerprint density at radius 2 is 1.94 bits per heavy atom. The van der Waals surface area contributed by atoms with Gasteiger partial charge in [-0.1, -0.05) is 18.5 Å². The molecular formula is C24H26ClFN2O3S. The number of nitrogens with zero attached hydrogens (tertiary/aromatic N) is 2. The van der Waals surface area contributed by atoms with E-state index in [2.05, 4.69) is 4.99 Å². The van der Waals surface area contributed by atoms with Gasteiger partial charge in [-0.2, -0.15) is 0 Å². The van der Waals surface area contributed by atoms with Crippen molar-refractivity contribution in [3.8, 4) is 11.5 Å². The topological polar surface area (TPSA) is 51.1 Å². The number of amidine groups is 1. The van der Waals surface area contributed by atoms with Crippen LogP contribution in [0.25, 0.3) is 6.08 Å². The van der Waals surface area contributed by atoms with Crippen molar-refractivity contribution in [2.75, 3.05) is 13.2 Å². The van der Waals surface area contributed by atoms with Gasteiger partial charge in [-0.15, -0.1) is 0 Å². The van der Waals surface area contributed by atoms with Crippen LogP contribution in [0.15, 0.2) is 46.3 Å². The molecule has 0 bridgehead atoms. The van der Waals surface area contributed by atoms with Gasteiger partial charge in [0.05, 0.1) is 28.3 Å². The molecule has 0 radical (unpaired) electrons. The molecule has 1 atom stereocenters. The average Bonchev–Trinajstić information content (AvgIpc) is 3.06. The first-order valence-electron chi connectivity index (χ1n) is 10.5. The third kappa shape index (κ3) is 5.64. The number of halogens is 2. The van der Waals surface area contributed by atoms with E-state index >= 15 is 0 Å². The Labute approximate surface area is 197 Å². The van der Waals surface area contributed by atoms with Crippen molar-refractivity contribution in [2.24, 2.45) is 4.99 Å². The molecular weight excluding hydrogens is 451 g/mol. The molecule has 32 heavy (non-hydrogen) atoms. The molecule has 0 N–H and O–H groups in total. The lowest BCUT2D eigenvalue weighted by Gasteiger charge is -2.18. The zero-order valence-electron chi connectivity index (χ0n) is 18.5. The van der Waals surface area contributed by atoms with Crippen LogP contribution in [0.2, 0.25) is 5.02 Å². The smallest absolute Gasteiger partial charge is 0.266 e. The largest absolute Gasteiger partial charge is 0.490 e. The van der Waals surface area contributed by atoms with Gasteiger partial charge in [0.1, 0.15) is 5.82 Å². The minimum atomic E-state index is -0.334. The van der Waals surface area contributed by atoms with Crippen LogP contribution < -0.4 is 9.47 Å². The Balaban J connectivity index is 1.94. The fourth-order valence-corrected chi connectivity index (χ4v) is 4.31. The molecule has 1 amide bonds. The van der Waals surface area contributed by atoms with Gasteiger partial charge in [0, 0.05) is 6.54 Å². The molecule has 0 saturated carbocycles. The van der Waals surface area contributed by atoms with Gasteiger partial charge < -0.3 is 9.47 Å². The summed E-state index contributed by atoms with van der Waals surface area (Å²) in [6, 6.07) is 9.41. The fraction of sp³-hybridized carbons (Fsp3) is 0.333. The van der Waals surface area contributed by atoms with Crippen LogP contribution in [0.4, 0.5) is 10.1 Å².